The smallest absolute Gasteiger partial charge is 0.338 e. The summed E-state index contributed by atoms with van der Waals surface area (Å²) >= 11 is 0. The average molecular weight is 358 g/mol. The molecule has 0 unspecified atom stereocenters. The topological polar surface area (TPSA) is 85.9 Å². The van der Waals surface area contributed by atoms with Crippen molar-refractivity contribution >= 4 is 12.0 Å². The minimum Gasteiger partial charge on any atom is -0.490 e. The average Bonchev–Trinajstić information content (AvgIpc) is 2.60. The predicted molar refractivity (Wildman–Crippen MR) is 95.7 cm³/mol. The molecular weight excluding hydrogens is 336 g/mol. The first-order chi connectivity index (χ1) is 12.5. The van der Waals surface area contributed by atoms with Crippen LogP contribution in [0.5, 0.6) is 11.5 Å². The highest BCUT2D eigenvalue weighted by molar-refractivity contribution is 5.95. The zero-order chi connectivity index (χ0) is 19.1. The van der Waals surface area contributed by atoms with Crippen LogP contribution in [0.3, 0.4) is 0 Å². The van der Waals surface area contributed by atoms with Crippen molar-refractivity contribution < 1.29 is 23.8 Å². The van der Waals surface area contributed by atoms with Crippen LogP contribution in [0.25, 0.3) is 0 Å². The predicted octanol–water partition coefficient (Wildman–Crippen LogP) is 2.29. The number of carbonyl (C=O) groups excluding carboxylic acids is 2. The van der Waals surface area contributed by atoms with Gasteiger partial charge in [-0.2, -0.15) is 0 Å². The molecule has 1 aromatic carbocycles. The number of terminal acetylenes is 1. The summed E-state index contributed by atoms with van der Waals surface area (Å²) in [5, 5.41) is 5.35. The van der Waals surface area contributed by atoms with Gasteiger partial charge in [0.1, 0.15) is 6.61 Å². The molecule has 26 heavy (non-hydrogen) atoms. The van der Waals surface area contributed by atoms with Crippen molar-refractivity contribution in [2.24, 2.45) is 0 Å². The number of ether oxygens (including phenoxy) is 3. The number of urea groups is 1. The SMILES string of the molecule is C#CCOc1ccc([C@H]2NC(=O)NC(C)=C2C(=O)OCC)cc1OCC. The van der Waals surface area contributed by atoms with Crippen LogP contribution in [0.1, 0.15) is 32.4 Å². The van der Waals surface area contributed by atoms with Gasteiger partial charge in [0.05, 0.1) is 24.8 Å². The summed E-state index contributed by atoms with van der Waals surface area (Å²) in [6, 6.07) is 4.11. The minimum absolute atomic E-state index is 0.108. The van der Waals surface area contributed by atoms with E-state index in [9.17, 15) is 9.59 Å². The maximum Gasteiger partial charge on any atom is 0.338 e. The van der Waals surface area contributed by atoms with Crippen LogP contribution in [-0.4, -0.2) is 31.8 Å². The Morgan fingerprint density at radius 1 is 1.23 bits per heavy atom. The van der Waals surface area contributed by atoms with E-state index in [1.165, 1.54) is 0 Å². The van der Waals surface area contributed by atoms with Crippen molar-refractivity contribution in [3.8, 4) is 23.8 Å². The molecule has 0 saturated heterocycles. The second kappa shape index (κ2) is 8.81. The Kier molecular flexibility index (Phi) is 6.50. The van der Waals surface area contributed by atoms with E-state index >= 15 is 0 Å². The fraction of sp³-hybridized carbons (Fsp3) is 0.368. The summed E-state index contributed by atoms with van der Waals surface area (Å²) in [5.41, 5.74) is 1.45. The van der Waals surface area contributed by atoms with Gasteiger partial charge in [-0.05, 0) is 38.5 Å². The van der Waals surface area contributed by atoms with E-state index in [2.05, 4.69) is 16.6 Å². The van der Waals surface area contributed by atoms with Crippen LogP contribution < -0.4 is 20.1 Å². The van der Waals surface area contributed by atoms with Crippen LogP contribution in [0, 0.1) is 12.3 Å². The molecule has 1 aromatic rings. The highest BCUT2D eigenvalue weighted by Crippen LogP contribution is 2.34. The van der Waals surface area contributed by atoms with Crippen LogP contribution in [-0.2, 0) is 9.53 Å². The Hall–Kier alpha value is -3.14. The van der Waals surface area contributed by atoms with Crippen molar-refractivity contribution in [1.29, 1.82) is 0 Å². The lowest BCUT2D eigenvalue weighted by Gasteiger charge is -2.28. The molecule has 138 valence electrons. The maximum absolute atomic E-state index is 12.4. The van der Waals surface area contributed by atoms with Gasteiger partial charge in [-0.3, -0.25) is 0 Å². The summed E-state index contributed by atoms with van der Waals surface area (Å²) in [6.45, 7) is 6.00. The molecule has 0 bridgehead atoms. The lowest BCUT2D eigenvalue weighted by atomic mass is 9.95. The number of rotatable bonds is 7. The maximum atomic E-state index is 12.4. The Balaban J connectivity index is 2.44. The number of esters is 1. The molecule has 1 atom stereocenters. The normalized spacial score (nSPS) is 16.2. The summed E-state index contributed by atoms with van der Waals surface area (Å²) in [4.78, 5) is 24.3. The summed E-state index contributed by atoms with van der Waals surface area (Å²) in [5.74, 6) is 2.88. The lowest BCUT2D eigenvalue weighted by Crippen LogP contribution is -2.45. The van der Waals surface area contributed by atoms with Gasteiger partial charge in [-0.25, -0.2) is 9.59 Å². The van der Waals surface area contributed by atoms with Crippen molar-refractivity contribution in [1.82, 2.24) is 10.6 Å². The molecule has 0 aliphatic carbocycles. The van der Waals surface area contributed by atoms with Crippen molar-refractivity contribution in [3.05, 3.63) is 35.0 Å². The molecule has 2 rings (SSSR count). The highest BCUT2D eigenvalue weighted by Gasteiger charge is 2.32. The summed E-state index contributed by atoms with van der Waals surface area (Å²) in [6.07, 6.45) is 5.23. The third-order valence-corrected chi connectivity index (χ3v) is 3.68. The summed E-state index contributed by atoms with van der Waals surface area (Å²) in [7, 11) is 0. The first-order valence-corrected chi connectivity index (χ1v) is 8.30. The number of allylic oxidation sites excluding steroid dienone is 1. The van der Waals surface area contributed by atoms with Gasteiger partial charge in [0.2, 0.25) is 0 Å². The fourth-order valence-electron chi connectivity index (χ4n) is 2.63. The van der Waals surface area contributed by atoms with Crippen LogP contribution in [0.4, 0.5) is 4.79 Å². The second-order valence-electron chi connectivity index (χ2n) is 5.42. The zero-order valence-electron chi connectivity index (χ0n) is 15.0. The zero-order valence-corrected chi connectivity index (χ0v) is 15.0. The van der Waals surface area contributed by atoms with Gasteiger partial charge in [0.25, 0.3) is 0 Å². The molecular formula is C19H22N2O5. The molecule has 0 radical (unpaired) electrons. The number of hydrogen-bond acceptors (Lipinski definition) is 5. The lowest BCUT2D eigenvalue weighted by molar-refractivity contribution is -0.139. The first kappa shape index (κ1) is 19.2. The minimum atomic E-state index is -0.663. The Labute approximate surface area is 152 Å². The molecule has 0 spiro atoms. The molecule has 2 amide bonds. The fourth-order valence-corrected chi connectivity index (χ4v) is 2.63. The third kappa shape index (κ3) is 4.28. The Morgan fingerprint density at radius 3 is 2.65 bits per heavy atom. The third-order valence-electron chi connectivity index (χ3n) is 3.68. The number of nitrogens with one attached hydrogen (secondary N) is 2. The van der Waals surface area contributed by atoms with Crippen molar-refractivity contribution in [3.63, 3.8) is 0 Å². The molecule has 0 fully saturated rings. The van der Waals surface area contributed by atoms with Gasteiger partial charge in [0, 0.05) is 5.70 Å². The van der Waals surface area contributed by atoms with E-state index in [1.807, 2.05) is 6.92 Å². The first-order valence-electron chi connectivity index (χ1n) is 8.30. The van der Waals surface area contributed by atoms with E-state index in [4.69, 9.17) is 20.6 Å². The second-order valence-corrected chi connectivity index (χ2v) is 5.42. The number of amides is 2. The highest BCUT2D eigenvalue weighted by atomic mass is 16.5. The van der Waals surface area contributed by atoms with E-state index in [0.717, 1.165) is 0 Å². The molecule has 2 N–H and O–H groups in total. The van der Waals surface area contributed by atoms with Crippen LogP contribution in [0.15, 0.2) is 29.5 Å². The van der Waals surface area contributed by atoms with E-state index in [0.29, 0.717) is 34.9 Å². The van der Waals surface area contributed by atoms with Crippen molar-refractivity contribution in [2.75, 3.05) is 19.8 Å². The van der Waals surface area contributed by atoms with Crippen molar-refractivity contribution in [2.45, 2.75) is 26.8 Å². The Morgan fingerprint density at radius 2 is 2.00 bits per heavy atom. The van der Waals surface area contributed by atoms with Gasteiger partial charge < -0.3 is 24.8 Å². The van der Waals surface area contributed by atoms with Gasteiger partial charge in [-0.1, -0.05) is 12.0 Å². The monoisotopic (exact) mass is 358 g/mol. The summed E-state index contributed by atoms with van der Waals surface area (Å²) < 4.78 is 16.2. The standard InChI is InChI=1S/C19H22N2O5/c1-5-10-26-14-9-8-13(11-15(14)24-6-2)17-16(18(22)25-7-3)12(4)20-19(23)21-17/h1,8-9,11,17H,6-7,10H2,2-4H3,(H2,20,21,23)/t17-/m1/s1. The van der Waals surface area contributed by atoms with Gasteiger partial charge in [-0.15, -0.1) is 6.42 Å². The van der Waals surface area contributed by atoms with Crippen LogP contribution >= 0.6 is 0 Å². The number of benzene rings is 1. The van der Waals surface area contributed by atoms with E-state index < -0.39 is 18.0 Å². The largest absolute Gasteiger partial charge is 0.490 e. The van der Waals surface area contributed by atoms with Gasteiger partial charge >= 0.3 is 12.0 Å². The van der Waals surface area contributed by atoms with E-state index in [-0.39, 0.29) is 13.2 Å². The molecule has 7 nitrogen and oxygen atoms in total. The molecule has 1 aliphatic rings. The molecule has 1 aliphatic heterocycles. The molecule has 0 saturated carbocycles. The molecule has 7 heteroatoms. The van der Waals surface area contributed by atoms with E-state index in [1.54, 1.807) is 32.0 Å². The number of carbonyl (C=O) groups is 2. The Bertz CT molecular complexity index is 764. The quantitative estimate of drug-likeness (QED) is 0.577. The molecule has 0 aromatic heterocycles. The number of hydrogen-bond donors (Lipinski definition) is 2. The van der Waals surface area contributed by atoms with Gasteiger partial charge in [0.15, 0.2) is 11.5 Å². The molecule has 1 heterocycles. The van der Waals surface area contributed by atoms with Crippen LogP contribution in [0.2, 0.25) is 0 Å².